The molecule has 0 amide bonds. The van der Waals surface area contributed by atoms with Crippen molar-refractivity contribution in [1.82, 2.24) is 4.98 Å². The average molecular weight is 271 g/mol. The van der Waals surface area contributed by atoms with Gasteiger partial charge in [0.05, 0.1) is 18.5 Å². The minimum atomic E-state index is 0.317. The van der Waals surface area contributed by atoms with Crippen LogP contribution in [0.15, 0.2) is 49.2 Å². The summed E-state index contributed by atoms with van der Waals surface area (Å²) >= 11 is 0. The highest BCUT2D eigenvalue weighted by atomic mass is 16.6. The van der Waals surface area contributed by atoms with E-state index < -0.39 is 0 Å². The highest BCUT2D eigenvalue weighted by Gasteiger charge is 2.07. The van der Waals surface area contributed by atoms with E-state index in [0.717, 1.165) is 11.3 Å². The number of hydrogen-bond donors (Lipinski definition) is 2. The summed E-state index contributed by atoms with van der Waals surface area (Å²) in [5.74, 6) is 0.573. The molecule has 0 radical (unpaired) electrons. The average Bonchev–Trinajstić information content (AvgIpc) is 2.49. The Bertz CT molecular complexity index is 585. The molecule has 1 aromatic carbocycles. The lowest BCUT2D eigenvalue weighted by Crippen LogP contribution is -2.05. The molecule has 3 N–H and O–H groups in total. The van der Waals surface area contributed by atoms with E-state index in [1.165, 1.54) is 7.11 Å². The van der Waals surface area contributed by atoms with E-state index in [1.54, 1.807) is 18.3 Å². The van der Waals surface area contributed by atoms with Crippen LogP contribution in [0, 0.1) is 0 Å². The number of aromatic nitrogens is 1. The molecule has 2 rings (SSSR count). The number of anilines is 2. The molecule has 1 aromatic heterocycles. The molecule has 0 saturated heterocycles. The molecule has 0 aliphatic carbocycles. The van der Waals surface area contributed by atoms with E-state index >= 15 is 0 Å². The highest BCUT2D eigenvalue weighted by molar-refractivity contribution is 5.72. The zero-order chi connectivity index (χ0) is 14.4. The number of rotatable bonds is 6. The third kappa shape index (κ3) is 3.27. The maximum absolute atomic E-state index is 5.98. The smallest absolute Gasteiger partial charge is 0.144 e. The maximum atomic E-state index is 5.98. The van der Waals surface area contributed by atoms with Crippen LogP contribution in [0.5, 0.6) is 5.75 Å². The van der Waals surface area contributed by atoms with E-state index in [0.29, 0.717) is 23.7 Å². The Morgan fingerprint density at radius 2 is 2.15 bits per heavy atom. The standard InChI is InChI=1S/C15H17N3O2/c1-11(12-6-3-4-9-17-12)10-20-14-8-5-7-13(15(14)16)18-19-2/h3-9,18H,1,10,16H2,2H3. The number of ether oxygens (including phenoxy) is 1. The van der Waals surface area contributed by atoms with Crippen molar-refractivity contribution in [2.24, 2.45) is 0 Å². The zero-order valence-corrected chi connectivity index (χ0v) is 11.3. The lowest BCUT2D eigenvalue weighted by molar-refractivity contribution is 0.271. The third-order valence-corrected chi connectivity index (χ3v) is 2.71. The minimum absolute atomic E-state index is 0.317. The van der Waals surface area contributed by atoms with Gasteiger partial charge in [0.25, 0.3) is 0 Å². The van der Waals surface area contributed by atoms with Crippen molar-refractivity contribution in [2.75, 3.05) is 24.9 Å². The topological polar surface area (TPSA) is 69.4 Å². The monoisotopic (exact) mass is 271 g/mol. The van der Waals surface area contributed by atoms with Crippen molar-refractivity contribution in [2.45, 2.75) is 0 Å². The Balaban J connectivity index is 2.04. The number of hydrogen-bond acceptors (Lipinski definition) is 5. The normalized spacial score (nSPS) is 10.1. The van der Waals surface area contributed by atoms with Gasteiger partial charge in [0.15, 0.2) is 0 Å². The number of nitrogens with two attached hydrogens (primary N) is 1. The number of pyridine rings is 1. The molecule has 1 heterocycles. The van der Waals surface area contributed by atoms with Gasteiger partial charge < -0.3 is 10.5 Å². The third-order valence-electron chi connectivity index (χ3n) is 2.71. The van der Waals surface area contributed by atoms with Crippen molar-refractivity contribution in [3.63, 3.8) is 0 Å². The summed E-state index contributed by atoms with van der Waals surface area (Å²) < 4.78 is 5.68. The van der Waals surface area contributed by atoms with Crippen molar-refractivity contribution in [3.05, 3.63) is 54.9 Å². The second-order valence-corrected chi connectivity index (χ2v) is 4.13. The maximum Gasteiger partial charge on any atom is 0.144 e. The summed E-state index contributed by atoms with van der Waals surface area (Å²) in [5, 5.41) is 0. The first-order valence-electron chi connectivity index (χ1n) is 6.12. The largest absolute Gasteiger partial charge is 0.487 e. The molecule has 0 spiro atoms. The van der Waals surface area contributed by atoms with Crippen LogP contribution in [0.4, 0.5) is 11.4 Å². The fourth-order valence-corrected chi connectivity index (χ4v) is 1.68. The first-order chi connectivity index (χ1) is 9.72. The first kappa shape index (κ1) is 13.9. The lowest BCUT2D eigenvalue weighted by atomic mass is 10.2. The molecule has 0 bridgehead atoms. The van der Waals surface area contributed by atoms with E-state index in [-0.39, 0.29) is 0 Å². The SMILES string of the molecule is C=C(COc1cccc(NOC)c1N)c1ccccn1. The van der Waals surface area contributed by atoms with Gasteiger partial charge in [-0.1, -0.05) is 18.7 Å². The number of nitrogens with zero attached hydrogens (tertiary/aromatic N) is 1. The molecule has 0 aliphatic heterocycles. The number of nitrogens with one attached hydrogen (secondary N) is 1. The first-order valence-corrected chi connectivity index (χ1v) is 6.12. The van der Waals surface area contributed by atoms with Crippen LogP contribution in [0.1, 0.15) is 5.69 Å². The molecule has 0 atom stereocenters. The Kier molecular flexibility index (Phi) is 4.57. The predicted octanol–water partition coefficient (Wildman–Crippen LogP) is 2.73. The number of para-hydroxylation sites is 1. The molecule has 104 valence electrons. The van der Waals surface area contributed by atoms with Gasteiger partial charge in [-0.2, -0.15) is 0 Å². The summed E-state index contributed by atoms with van der Waals surface area (Å²) in [5.41, 5.74) is 11.4. The van der Waals surface area contributed by atoms with Crippen molar-refractivity contribution in [3.8, 4) is 5.75 Å². The lowest BCUT2D eigenvalue weighted by Gasteiger charge is -2.13. The van der Waals surface area contributed by atoms with Crippen LogP contribution in [-0.2, 0) is 4.84 Å². The second-order valence-electron chi connectivity index (χ2n) is 4.13. The molecule has 2 aromatic rings. The molecular formula is C15H17N3O2. The Morgan fingerprint density at radius 3 is 2.85 bits per heavy atom. The van der Waals surface area contributed by atoms with Crippen LogP contribution >= 0.6 is 0 Å². The molecule has 20 heavy (non-hydrogen) atoms. The molecule has 5 heteroatoms. The highest BCUT2D eigenvalue weighted by Crippen LogP contribution is 2.29. The van der Waals surface area contributed by atoms with Gasteiger partial charge in [-0.3, -0.25) is 15.3 Å². The second kappa shape index (κ2) is 6.58. The number of benzene rings is 1. The van der Waals surface area contributed by atoms with E-state index in [2.05, 4.69) is 17.0 Å². The Labute approximate surface area is 118 Å². The summed E-state index contributed by atoms with van der Waals surface area (Å²) in [6.07, 6.45) is 1.72. The van der Waals surface area contributed by atoms with Crippen LogP contribution < -0.4 is 16.0 Å². The molecule has 0 unspecified atom stereocenters. The Morgan fingerprint density at radius 1 is 1.30 bits per heavy atom. The van der Waals surface area contributed by atoms with E-state index in [9.17, 15) is 0 Å². The number of nitrogen functional groups attached to an aromatic ring is 1. The summed E-state index contributed by atoms with van der Waals surface area (Å²) in [6.45, 7) is 4.28. The van der Waals surface area contributed by atoms with Crippen molar-refractivity contribution in [1.29, 1.82) is 0 Å². The van der Waals surface area contributed by atoms with Gasteiger partial charge >= 0.3 is 0 Å². The summed E-state index contributed by atoms with van der Waals surface area (Å²) in [6, 6.07) is 11.1. The minimum Gasteiger partial charge on any atom is -0.487 e. The fourth-order valence-electron chi connectivity index (χ4n) is 1.68. The van der Waals surface area contributed by atoms with Gasteiger partial charge in [-0.25, -0.2) is 0 Å². The van der Waals surface area contributed by atoms with Crippen LogP contribution in [0.2, 0.25) is 0 Å². The summed E-state index contributed by atoms with van der Waals surface area (Å²) in [7, 11) is 1.52. The van der Waals surface area contributed by atoms with Crippen LogP contribution in [0.3, 0.4) is 0 Å². The Hall–Kier alpha value is -2.53. The van der Waals surface area contributed by atoms with Crippen LogP contribution in [-0.4, -0.2) is 18.7 Å². The van der Waals surface area contributed by atoms with Gasteiger partial charge in [-0.05, 0) is 24.3 Å². The van der Waals surface area contributed by atoms with Gasteiger partial charge in [0.1, 0.15) is 18.0 Å². The molecular weight excluding hydrogens is 254 g/mol. The van der Waals surface area contributed by atoms with Gasteiger partial charge in [0.2, 0.25) is 0 Å². The summed E-state index contributed by atoms with van der Waals surface area (Å²) in [4.78, 5) is 9.06. The molecule has 0 aliphatic rings. The van der Waals surface area contributed by atoms with Crippen molar-refractivity contribution >= 4 is 16.9 Å². The van der Waals surface area contributed by atoms with E-state index in [1.807, 2.05) is 24.3 Å². The quantitative estimate of drug-likeness (QED) is 0.624. The predicted molar refractivity (Wildman–Crippen MR) is 80.3 cm³/mol. The van der Waals surface area contributed by atoms with Gasteiger partial charge in [-0.15, -0.1) is 0 Å². The molecule has 0 saturated carbocycles. The van der Waals surface area contributed by atoms with E-state index in [4.69, 9.17) is 15.3 Å². The van der Waals surface area contributed by atoms with Crippen LogP contribution in [0.25, 0.3) is 5.57 Å². The fraction of sp³-hybridized carbons (Fsp3) is 0.133. The van der Waals surface area contributed by atoms with Crippen molar-refractivity contribution < 1.29 is 9.57 Å². The van der Waals surface area contributed by atoms with Gasteiger partial charge in [0, 0.05) is 11.8 Å². The zero-order valence-electron chi connectivity index (χ0n) is 11.3. The molecule has 5 nitrogen and oxygen atoms in total. The molecule has 0 fully saturated rings.